The van der Waals surface area contributed by atoms with Crippen molar-refractivity contribution in [1.29, 1.82) is 0 Å². The molecule has 2 N–H and O–H groups in total. The molecule has 3 aliphatic heterocycles. The van der Waals surface area contributed by atoms with Crippen molar-refractivity contribution in [3.63, 3.8) is 0 Å². The van der Waals surface area contributed by atoms with Gasteiger partial charge in [-0.3, -0.25) is 24.4 Å². The van der Waals surface area contributed by atoms with Crippen molar-refractivity contribution in [2.45, 2.75) is 44.5 Å². The molecule has 4 unspecified atom stereocenters. The molecule has 3 saturated heterocycles. The summed E-state index contributed by atoms with van der Waals surface area (Å²) in [7, 11) is 0. The number of nitrogens with zero attached hydrogens (tertiary/aromatic N) is 4. The number of rotatable bonds is 7. The molecule has 0 saturated carbocycles. The van der Waals surface area contributed by atoms with Crippen LogP contribution in [0, 0.1) is 0 Å². The zero-order chi connectivity index (χ0) is 22.5. The number of carboxylic acid groups (broad SMARTS) is 1. The van der Waals surface area contributed by atoms with Crippen molar-refractivity contribution in [2.75, 3.05) is 52.5 Å². The first-order valence-corrected chi connectivity index (χ1v) is 11.6. The molecule has 0 aliphatic carbocycles. The van der Waals surface area contributed by atoms with E-state index in [1.165, 1.54) is 5.56 Å². The molecule has 0 aromatic heterocycles. The number of ether oxygens (including phenoxy) is 1. The lowest BCUT2D eigenvalue weighted by molar-refractivity contribution is -0.140. The normalized spacial score (nSPS) is 30.2. The van der Waals surface area contributed by atoms with Gasteiger partial charge in [-0.15, -0.1) is 0 Å². The first-order chi connectivity index (χ1) is 15.5. The minimum Gasteiger partial charge on any atom is -0.480 e. The summed E-state index contributed by atoms with van der Waals surface area (Å²) < 4.78 is 5.35. The number of hydroxylamine groups is 1. The van der Waals surface area contributed by atoms with E-state index in [1.54, 1.807) is 0 Å². The van der Waals surface area contributed by atoms with E-state index >= 15 is 0 Å². The van der Waals surface area contributed by atoms with Gasteiger partial charge in [0.05, 0.1) is 51.2 Å². The number of nitrogens with one attached hydrogen (secondary N) is 1. The van der Waals surface area contributed by atoms with Crippen LogP contribution in [0.1, 0.15) is 37.4 Å². The molecule has 9 nitrogen and oxygen atoms in total. The number of carboxylic acids is 1. The largest absolute Gasteiger partial charge is 0.480 e. The fraction of sp³-hybridized carbons (Fsp3) is 0.652. The second kappa shape index (κ2) is 10.7. The molecular formula is C23H35N5O4. The quantitative estimate of drug-likeness (QED) is 0.605. The van der Waals surface area contributed by atoms with Crippen LogP contribution in [0.5, 0.6) is 0 Å². The first kappa shape index (κ1) is 23.1. The Bertz CT molecular complexity index is 771. The van der Waals surface area contributed by atoms with E-state index in [2.05, 4.69) is 58.5 Å². The standard InChI is InChI=1S/C23H35N5O4/c1-17-13-26(14-18(2)28(17)16-23(29)30)15-21-11-22(25-32-21)20-5-3-19(4-6-20)12-24-27-7-9-31-10-8-27/h3-6,12,17-18,21-22,25H,7-11,13-16H2,1-2H3,(H,29,30). The lowest BCUT2D eigenvalue weighted by Crippen LogP contribution is -2.58. The van der Waals surface area contributed by atoms with Gasteiger partial charge in [0, 0.05) is 31.7 Å². The molecule has 1 aromatic carbocycles. The molecule has 0 amide bonds. The molecule has 4 rings (SSSR count). The predicted molar refractivity (Wildman–Crippen MR) is 122 cm³/mol. The van der Waals surface area contributed by atoms with Crippen LogP contribution < -0.4 is 5.48 Å². The average molecular weight is 446 g/mol. The van der Waals surface area contributed by atoms with Crippen LogP contribution >= 0.6 is 0 Å². The van der Waals surface area contributed by atoms with Gasteiger partial charge >= 0.3 is 5.97 Å². The van der Waals surface area contributed by atoms with Gasteiger partial charge in [0.1, 0.15) is 0 Å². The Morgan fingerprint density at radius 3 is 2.53 bits per heavy atom. The van der Waals surface area contributed by atoms with Gasteiger partial charge in [-0.1, -0.05) is 24.3 Å². The third kappa shape index (κ3) is 6.05. The second-order valence-electron chi connectivity index (χ2n) is 9.11. The SMILES string of the molecule is CC1CN(CC2CC(c3ccc(C=NN4CCOCC4)cc3)NO2)CC(C)N1CC(=O)O. The fourth-order valence-corrected chi connectivity index (χ4v) is 4.86. The zero-order valence-electron chi connectivity index (χ0n) is 19.0. The molecule has 3 heterocycles. The molecule has 0 radical (unpaired) electrons. The minimum atomic E-state index is -0.762. The predicted octanol–water partition coefficient (Wildman–Crippen LogP) is 1.17. The highest BCUT2D eigenvalue weighted by atomic mass is 16.7. The Morgan fingerprint density at radius 1 is 1.19 bits per heavy atom. The number of benzene rings is 1. The summed E-state index contributed by atoms with van der Waals surface area (Å²) >= 11 is 0. The molecule has 0 spiro atoms. The molecule has 0 bridgehead atoms. The maximum absolute atomic E-state index is 11.1. The van der Waals surface area contributed by atoms with Crippen LogP contribution in [0.25, 0.3) is 0 Å². The topological polar surface area (TPSA) is 89.9 Å². The Balaban J connectivity index is 1.25. The summed E-state index contributed by atoms with van der Waals surface area (Å²) in [6.45, 7) is 10.0. The van der Waals surface area contributed by atoms with Crippen molar-refractivity contribution in [1.82, 2.24) is 20.3 Å². The average Bonchev–Trinajstić information content (AvgIpc) is 3.24. The Kier molecular flexibility index (Phi) is 7.75. The summed E-state index contributed by atoms with van der Waals surface area (Å²) in [5.41, 5.74) is 5.50. The van der Waals surface area contributed by atoms with E-state index in [0.29, 0.717) is 0 Å². The van der Waals surface area contributed by atoms with E-state index in [9.17, 15) is 4.79 Å². The summed E-state index contributed by atoms with van der Waals surface area (Å²) in [5.74, 6) is -0.762. The number of aliphatic carboxylic acids is 1. The maximum atomic E-state index is 11.1. The third-order valence-corrected chi connectivity index (χ3v) is 6.53. The molecule has 9 heteroatoms. The van der Waals surface area contributed by atoms with E-state index < -0.39 is 5.97 Å². The van der Waals surface area contributed by atoms with Crippen LogP contribution in [-0.4, -0.2) is 103 Å². The van der Waals surface area contributed by atoms with Crippen LogP contribution in [0.2, 0.25) is 0 Å². The highest BCUT2D eigenvalue weighted by molar-refractivity contribution is 5.79. The Hall–Kier alpha value is -2.04. The van der Waals surface area contributed by atoms with Crippen molar-refractivity contribution in [3.05, 3.63) is 35.4 Å². The van der Waals surface area contributed by atoms with Gasteiger partial charge in [-0.05, 0) is 31.4 Å². The summed E-state index contributed by atoms with van der Waals surface area (Å²) in [5, 5.41) is 15.7. The molecule has 3 aliphatic rings. The summed E-state index contributed by atoms with van der Waals surface area (Å²) in [4.78, 5) is 21.5. The van der Waals surface area contributed by atoms with Crippen molar-refractivity contribution < 1.29 is 19.5 Å². The van der Waals surface area contributed by atoms with E-state index in [-0.39, 0.29) is 30.8 Å². The van der Waals surface area contributed by atoms with Gasteiger partial charge in [0.25, 0.3) is 0 Å². The van der Waals surface area contributed by atoms with Gasteiger partial charge in [-0.2, -0.15) is 10.6 Å². The molecule has 1 aromatic rings. The lowest BCUT2D eigenvalue weighted by Gasteiger charge is -2.44. The van der Waals surface area contributed by atoms with Gasteiger partial charge in [-0.25, -0.2) is 0 Å². The number of morpholine rings is 1. The van der Waals surface area contributed by atoms with Crippen molar-refractivity contribution in [2.24, 2.45) is 5.10 Å². The van der Waals surface area contributed by atoms with Crippen LogP contribution in [-0.2, 0) is 14.4 Å². The highest BCUT2D eigenvalue weighted by Gasteiger charge is 2.34. The molecule has 3 fully saturated rings. The fourth-order valence-electron chi connectivity index (χ4n) is 4.86. The molecule has 4 atom stereocenters. The molecule has 176 valence electrons. The minimum absolute atomic E-state index is 0.104. The number of hydrogen-bond acceptors (Lipinski definition) is 8. The smallest absolute Gasteiger partial charge is 0.317 e. The molecular weight excluding hydrogens is 410 g/mol. The van der Waals surface area contributed by atoms with Crippen molar-refractivity contribution >= 4 is 12.2 Å². The first-order valence-electron chi connectivity index (χ1n) is 11.6. The second-order valence-corrected chi connectivity index (χ2v) is 9.11. The van der Waals surface area contributed by atoms with Crippen LogP contribution in [0.15, 0.2) is 29.4 Å². The summed E-state index contributed by atoms with van der Waals surface area (Å²) in [6, 6.07) is 9.07. The number of hydrogen-bond donors (Lipinski definition) is 2. The van der Waals surface area contributed by atoms with Crippen molar-refractivity contribution in [3.8, 4) is 0 Å². The number of piperazine rings is 1. The van der Waals surface area contributed by atoms with Gasteiger partial charge in [0.15, 0.2) is 0 Å². The number of hydrazone groups is 1. The monoisotopic (exact) mass is 445 g/mol. The Labute approximate surface area is 189 Å². The van der Waals surface area contributed by atoms with E-state index in [1.807, 2.05) is 11.2 Å². The molecule has 32 heavy (non-hydrogen) atoms. The van der Waals surface area contributed by atoms with Gasteiger partial charge < -0.3 is 9.84 Å². The third-order valence-electron chi connectivity index (χ3n) is 6.53. The summed E-state index contributed by atoms with van der Waals surface area (Å²) in [6.07, 6.45) is 2.94. The zero-order valence-corrected chi connectivity index (χ0v) is 19.0. The van der Waals surface area contributed by atoms with Crippen LogP contribution in [0.4, 0.5) is 0 Å². The van der Waals surface area contributed by atoms with Crippen LogP contribution in [0.3, 0.4) is 0 Å². The van der Waals surface area contributed by atoms with E-state index in [4.69, 9.17) is 14.7 Å². The maximum Gasteiger partial charge on any atom is 0.317 e. The Morgan fingerprint density at radius 2 is 1.88 bits per heavy atom. The lowest BCUT2D eigenvalue weighted by atomic mass is 10.0. The number of carbonyl (C=O) groups is 1. The highest BCUT2D eigenvalue weighted by Crippen LogP contribution is 2.27. The van der Waals surface area contributed by atoms with E-state index in [0.717, 1.165) is 57.9 Å². The van der Waals surface area contributed by atoms with Gasteiger partial charge in [0.2, 0.25) is 0 Å².